The van der Waals surface area contributed by atoms with Crippen LogP contribution in [0.3, 0.4) is 0 Å². The zero-order valence-electron chi connectivity index (χ0n) is 12.3. The molecule has 0 amide bonds. The highest BCUT2D eigenvalue weighted by atomic mass is 15.2. The zero-order valence-corrected chi connectivity index (χ0v) is 12.3. The first kappa shape index (κ1) is 13.8. The second-order valence-corrected chi connectivity index (χ2v) is 5.70. The van der Waals surface area contributed by atoms with Gasteiger partial charge in [0.2, 0.25) is 0 Å². The van der Waals surface area contributed by atoms with E-state index in [9.17, 15) is 0 Å². The van der Waals surface area contributed by atoms with Crippen LogP contribution in [0, 0.1) is 12.8 Å². The van der Waals surface area contributed by atoms with Gasteiger partial charge in [0.15, 0.2) is 5.82 Å². The van der Waals surface area contributed by atoms with Gasteiger partial charge in [0.25, 0.3) is 0 Å². The predicted molar refractivity (Wildman–Crippen MR) is 81.4 cm³/mol. The second-order valence-electron chi connectivity index (χ2n) is 5.70. The summed E-state index contributed by atoms with van der Waals surface area (Å²) in [6.07, 6.45) is 2.38. The molecule has 102 valence electrons. The summed E-state index contributed by atoms with van der Waals surface area (Å²) < 4.78 is 0. The fraction of sp³-hybridized carbons (Fsp3) is 0.500. The minimum absolute atomic E-state index is 0.419. The van der Waals surface area contributed by atoms with Gasteiger partial charge in [0.05, 0.1) is 5.69 Å². The average molecular weight is 257 g/mol. The van der Waals surface area contributed by atoms with Gasteiger partial charge in [-0.2, -0.15) is 5.10 Å². The van der Waals surface area contributed by atoms with E-state index in [1.165, 1.54) is 11.8 Å². The van der Waals surface area contributed by atoms with Crippen LogP contribution in [0.15, 0.2) is 24.3 Å². The molecule has 19 heavy (non-hydrogen) atoms. The van der Waals surface area contributed by atoms with Gasteiger partial charge in [-0.25, -0.2) is 0 Å². The summed E-state index contributed by atoms with van der Waals surface area (Å²) >= 11 is 0. The summed E-state index contributed by atoms with van der Waals surface area (Å²) in [5.74, 6) is 1.64. The van der Waals surface area contributed by atoms with Gasteiger partial charge in [-0.05, 0) is 32.6 Å². The first-order chi connectivity index (χ1) is 9.08. The Morgan fingerprint density at radius 3 is 2.37 bits per heavy atom. The highest BCUT2D eigenvalue weighted by molar-refractivity contribution is 5.92. The summed E-state index contributed by atoms with van der Waals surface area (Å²) in [5, 5.41) is 14.4. The number of hydrogen-bond donors (Lipinski definition) is 1. The van der Waals surface area contributed by atoms with Crippen LogP contribution in [0.25, 0.3) is 10.8 Å². The van der Waals surface area contributed by atoms with Crippen LogP contribution in [0.2, 0.25) is 0 Å². The van der Waals surface area contributed by atoms with Gasteiger partial charge in [-0.3, -0.25) is 0 Å². The molecule has 1 unspecified atom stereocenters. The smallest absolute Gasteiger partial charge is 0.156 e. The monoisotopic (exact) mass is 257 g/mol. The van der Waals surface area contributed by atoms with Crippen molar-refractivity contribution >= 4 is 16.6 Å². The van der Waals surface area contributed by atoms with Crippen molar-refractivity contribution in [1.29, 1.82) is 0 Å². The predicted octanol–water partition coefficient (Wildman–Crippen LogP) is 4.17. The van der Waals surface area contributed by atoms with Crippen LogP contribution in [0.4, 0.5) is 5.82 Å². The number of nitrogens with one attached hydrogen (secondary N) is 1. The molecule has 1 heterocycles. The van der Waals surface area contributed by atoms with Crippen LogP contribution in [0.1, 0.15) is 39.3 Å². The van der Waals surface area contributed by atoms with Crippen molar-refractivity contribution in [1.82, 2.24) is 10.2 Å². The maximum atomic E-state index is 4.31. The summed E-state index contributed by atoms with van der Waals surface area (Å²) in [5.41, 5.74) is 0.982. The molecule has 1 aromatic carbocycles. The van der Waals surface area contributed by atoms with Gasteiger partial charge in [-0.1, -0.05) is 38.1 Å². The van der Waals surface area contributed by atoms with E-state index in [0.717, 1.165) is 29.2 Å². The Morgan fingerprint density at radius 2 is 1.68 bits per heavy atom. The summed E-state index contributed by atoms with van der Waals surface area (Å²) in [6, 6.07) is 8.72. The normalized spacial score (nSPS) is 12.9. The van der Waals surface area contributed by atoms with E-state index in [-0.39, 0.29) is 0 Å². The molecule has 0 aliphatic rings. The van der Waals surface area contributed by atoms with Crippen LogP contribution >= 0.6 is 0 Å². The third kappa shape index (κ3) is 3.43. The van der Waals surface area contributed by atoms with Crippen molar-refractivity contribution in [2.75, 3.05) is 5.32 Å². The summed E-state index contributed by atoms with van der Waals surface area (Å²) in [6.45, 7) is 8.72. The Labute approximate surface area is 115 Å². The van der Waals surface area contributed by atoms with E-state index in [1.807, 2.05) is 19.1 Å². The molecule has 0 saturated carbocycles. The first-order valence-corrected chi connectivity index (χ1v) is 7.06. The van der Waals surface area contributed by atoms with E-state index < -0.39 is 0 Å². The molecule has 1 N–H and O–H groups in total. The lowest BCUT2D eigenvalue weighted by Crippen LogP contribution is -2.17. The lowest BCUT2D eigenvalue weighted by Gasteiger charge is -2.17. The Kier molecular flexibility index (Phi) is 4.35. The molecule has 1 atom stereocenters. The number of hydrogen-bond acceptors (Lipinski definition) is 3. The molecule has 0 saturated heterocycles. The van der Waals surface area contributed by atoms with E-state index in [0.29, 0.717) is 6.04 Å². The molecule has 0 aliphatic carbocycles. The van der Waals surface area contributed by atoms with Crippen LogP contribution in [-0.2, 0) is 0 Å². The Morgan fingerprint density at radius 1 is 1.00 bits per heavy atom. The SMILES string of the molecule is Cc1nnc(NC(C)CCC(C)C)c2ccccc12. The molecule has 2 aromatic rings. The van der Waals surface area contributed by atoms with Gasteiger partial charge in [0.1, 0.15) is 0 Å². The van der Waals surface area contributed by atoms with Gasteiger partial charge in [0, 0.05) is 16.8 Å². The molecule has 0 aliphatic heterocycles. The lowest BCUT2D eigenvalue weighted by molar-refractivity contribution is 0.527. The largest absolute Gasteiger partial charge is 0.366 e. The number of rotatable bonds is 5. The number of aromatic nitrogens is 2. The zero-order chi connectivity index (χ0) is 13.8. The minimum Gasteiger partial charge on any atom is -0.366 e. The number of benzene rings is 1. The number of anilines is 1. The number of nitrogens with zero attached hydrogens (tertiary/aromatic N) is 2. The van der Waals surface area contributed by atoms with Crippen LogP contribution < -0.4 is 5.32 Å². The van der Waals surface area contributed by atoms with Gasteiger partial charge < -0.3 is 5.32 Å². The minimum atomic E-state index is 0.419. The van der Waals surface area contributed by atoms with E-state index in [1.54, 1.807) is 0 Å². The number of fused-ring (bicyclic) bond motifs is 1. The molecule has 1 aromatic heterocycles. The topological polar surface area (TPSA) is 37.8 Å². The maximum Gasteiger partial charge on any atom is 0.156 e. The standard InChI is InChI=1S/C16H23N3/c1-11(2)9-10-12(3)17-16-15-8-6-5-7-14(15)13(4)18-19-16/h5-8,11-12H,9-10H2,1-4H3,(H,17,19). The molecular formula is C16H23N3. The third-order valence-electron chi connectivity index (χ3n) is 3.43. The van der Waals surface area contributed by atoms with Crippen LogP contribution in [-0.4, -0.2) is 16.2 Å². The first-order valence-electron chi connectivity index (χ1n) is 7.06. The molecule has 3 nitrogen and oxygen atoms in total. The van der Waals surface area contributed by atoms with Crippen molar-refractivity contribution < 1.29 is 0 Å². The molecule has 0 bridgehead atoms. The summed E-state index contributed by atoms with van der Waals surface area (Å²) in [7, 11) is 0. The van der Waals surface area contributed by atoms with E-state index >= 15 is 0 Å². The van der Waals surface area contributed by atoms with E-state index in [2.05, 4.69) is 48.4 Å². The third-order valence-corrected chi connectivity index (χ3v) is 3.43. The molecule has 0 radical (unpaired) electrons. The fourth-order valence-corrected chi connectivity index (χ4v) is 2.23. The lowest BCUT2D eigenvalue weighted by atomic mass is 10.0. The van der Waals surface area contributed by atoms with Crippen molar-refractivity contribution in [2.24, 2.45) is 5.92 Å². The van der Waals surface area contributed by atoms with Gasteiger partial charge >= 0.3 is 0 Å². The fourth-order valence-electron chi connectivity index (χ4n) is 2.23. The number of aryl methyl sites for hydroxylation is 1. The van der Waals surface area contributed by atoms with Crippen molar-refractivity contribution in [3.8, 4) is 0 Å². The maximum absolute atomic E-state index is 4.31. The van der Waals surface area contributed by atoms with Gasteiger partial charge in [-0.15, -0.1) is 5.10 Å². The Bertz CT molecular complexity index is 549. The molecule has 0 fully saturated rings. The average Bonchev–Trinajstić information content (AvgIpc) is 2.40. The van der Waals surface area contributed by atoms with Crippen molar-refractivity contribution in [3.63, 3.8) is 0 Å². The van der Waals surface area contributed by atoms with Crippen molar-refractivity contribution in [2.45, 2.75) is 46.6 Å². The molecule has 2 rings (SSSR count). The molecule has 0 spiro atoms. The van der Waals surface area contributed by atoms with Crippen molar-refractivity contribution in [3.05, 3.63) is 30.0 Å². The Hall–Kier alpha value is -1.64. The molecule has 3 heteroatoms. The quantitative estimate of drug-likeness (QED) is 0.873. The van der Waals surface area contributed by atoms with Crippen LogP contribution in [0.5, 0.6) is 0 Å². The Balaban J connectivity index is 2.19. The molecular weight excluding hydrogens is 234 g/mol. The highest BCUT2D eigenvalue weighted by Crippen LogP contribution is 2.23. The summed E-state index contributed by atoms with van der Waals surface area (Å²) in [4.78, 5) is 0. The second kappa shape index (κ2) is 6.00. The highest BCUT2D eigenvalue weighted by Gasteiger charge is 2.09. The van der Waals surface area contributed by atoms with E-state index in [4.69, 9.17) is 0 Å².